The molecule has 0 spiro atoms. The Balaban J connectivity index is 1.42. The molecular weight excluding hydrogens is 542 g/mol. The van der Waals surface area contributed by atoms with E-state index in [0.29, 0.717) is 28.4 Å². The number of allylic oxidation sites excluding steroid dienone is 1. The van der Waals surface area contributed by atoms with Gasteiger partial charge in [0.25, 0.3) is 5.91 Å². The van der Waals surface area contributed by atoms with Crippen LogP contribution in [-0.4, -0.2) is 43.4 Å². The standard InChI is InChI=1S/C31H29N3O8/c1-5-41-30(38)20-8-10-21(11-9-20)33-28(36)27(35)32-17-24-15-14-23(42-24)16-25-26(31(39)40-4)19(3)34(29(25)37)22-12-6-18(2)7-13-22/h6-16H,5,17H2,1-4H3,(H,32,35)(H,33,36)/b25-16+. The zero-order valence-electron chi connectivity index (χ0n) is 23.5. The van der Waals surface area contributed by atoms with Crippen LogP contribution in [0.1, 0.15) is 41.3 Å². The third-order valence-electron chi connectivity index (χ3n) is 6.33. The highest BCUT2D eigenvalue weighted by Gasteiger charge is 2.38. The van der Waals surface area contributed by atoms with Crippen molar-refractivity contribution in [2.45, 2.75) is 27.3 Å². The Labute approximate surface area is 241 Å². The summed E-state index contributed by atoms with van der Waals surface area (Å²) in [7, 11) is 1.24. The second-order valence-electron chi connectivity index (χ2n) is 9.22. The van der Waals surface area contributed by atoms with Crippen molar-refractivity contribution in [2.75, 3.05) is 23.9 Å². The van der Waals surface area contributed by atoms with E-state index in [9.17, 15) is 24.0 Å². The molecule has 11 nitrogen and oxygen atoms in total. The van der Waals surface area contributed by atoms with Gasteiger partial charge in [-0.25, -0.2) is 9.59 Å². The molecule has 2 aromatic carbocycles. The number of nitrogens with zero attached hydrogens (tertiary/aromatic N) is 1. The molecule has 0 saturated carbocycles. The van der Waals surface area contributed by atoms with Gasteiger partial charge in [-0.15, -0.1) is 0 Å². The third-order valence-corrected chi connectivity index (χ3v) is 6.33. The van der Waals surface area contributed by atoms with Crippen molar-refractivity contribution in [3.8, 4) is 0 Å². The zero-order chi connectivity index (χ0) is 30.4. The van der Waals surface area contributed by atoms with Gasteiger partial charge in [0.1, 0.15) is 11.5 Å². The summed E-state index contributed by atoms with van der Waals surface area (Å²) in [6.45, 7) is 5.41. The molecule has 0 radical (unpaired) electrons. The van der Waals surface area contributed by atoms with E-state index in [1.807, 2.05) is 19.1 Å². The molecule has 0 saturated heterocycles. The fourth-order valence-electron chi connectivity index (χ4n) is 4.23. The summed E-state index contributed by atoms with van der Waals surface area (Å²) in [5, 5.41) is 4.91. The van der Waals surface area contributed by atoms with Crippen LogP contribution in [0.25, 0.3) is 6.08 Å². The molecule has 216 valence electrons. The van der Waals surface area contributed by atoms with Crippen LogP contribution in [0, 0.1) is 6.92 Å². The van der Waals surface area contributed by atoms with E-state index in [0.717, 1.165) is 5.56 Å². The maximum Gasteiger partial charge on any atom is 0.340 e. The number of hydrogen-bond acceptors (Lipinski definition) is 8. The lowest BCUT2D eigenvalue weighted by molar-refractivity contribution is -0.136. The number of amides is 3. The normalized spacial score (nSPS) is 13.8. The smallest absolute Gasteiger partial charge is 0.340 e. The number of hydrogen-bond donors (Lipinski definition) is 2. The summed E-state index contributed by atoms with van der Waals surface area (Å²) in [5.74, 6) is -2.83. The van der Waals surface area contributed by atoms with Crippen LogP contribution in [0.5, 0.6) is 0 Å². The van der Waals surface area contributed by atoms with Crippen LogP contribution in [0.4, 0.5) is 11.4 Å². The molecule has 42 heavy (non-hydrogen) atoms. The van der Waals surface area contributed by atoms with Crippen molar-refractivity contribution in [2.24, 2.45) is 0 Å². The third kappa shape index (κ3) is 6.47. The van der Waals surface area contributed by atoms with E-state index in [1.165, 1.54) is 42.4 Å². The second kappa shape index (κ2) is 12.8. The van der Waals surface area contributed by atoms with Crippen molar-refractivity contribution in [1.29, 1.82) is 0 Å². The summed E-state index contributed by atoms with van der Waals surface area (Å²) in [4.78, 5) is 63.8. The number of rotatable bonds is 8. The number of anilines is 2. The molecule has 1 aliphatic rings. The van der Waals surface area contributed by atoms with E-state index in [-0.39, 0.29) is 30.1 Å². The molecule has 1 aromatic heterocycles. The molecule has 2 heterocycles. The number of benzene rings is 2. The van der Waals surface area contributed by atoms with Crippen molar-refractivity contribution in [3.05, 3.63) is 100 Å². The second-order valence-corrected chi connectivity index (χ2v) is 9.22. The fourth-order valence-corrected chi connectivity index (χ4v) is 4.23. The van der Waals surface area contributed by atoms with Crippen LogP contribution in [-0.2, 0) is 35.2 Å². The van der Waals surface area contributed by atoms with Gasteiger partial charge in [-0.3, -0.25) is 19.3 Å². The predicted molar refractivity (Wildman–Crippen MR) is 153 cm³/mol. The molecule has 4 rings (SSSR count). The Hall–Kier alpha value is -5.45. The molecule has 3 aromatic rings. The summed E-state index contributed by atoms with van der Waals surface area (Å²) in [6, 6.07) is 16.4. The molecule has 1 aliphatic heterocycles. The van der Waals surface area contributed by atoms with Gasteiger partial charge in [0, 0.05) is 17.1 Å². The Morgan fingerprint density at radius 3 is 2.24 bits per heavy atom. The van der Waals surface area contributed by atoms with Crippen LogP contribution in [0.15, 0.2) is 81.9 Å². The maximum absolute atomic E-state index is 13.4. The summed E-state index contributed by atoms with van der Waals surface area (Å²) < 4.78 is 15.6. The van der Waals surface area contributed by atoms with Gasteiger partial charge in [0.05, 0.1) is 37.0 Å². The Morgan fingerprint density at radius 2 is 1.60 bits per heavy atom. The van der Waals surface area contributed by atoms with Crippen LogP contribution >= 0.6 is 0 Å². The van der Waals surface area contributed by atoms with Gasteiger partial charge >= 0.3 is 23.8 Å². The van der Waals surface area contributed by atoms with E-state index >= 15 is 0 Å². The minimum absolute atomic E-state index is 0.0956. The number of furan rings is 1. The molecule has 0 fully saturated rings. The lowest BCUT2D eigenvalue weighted by Gasteiger charge is -2.18. The number of methoxy groups -OCH3 is 1. The van der Waals surface area contributed by atoms with Gasteiger partial charge in [-0.05, 0) is 75.4 Å². The highest BCUT2D eigenvalue weighted by molar-refractivity contribution is 6.39. The number of ether oxygens (including phenoxy) is 2. The van der Waals surface area contributed by atoms with E-state index in [4.69, 9.17) is 13.9 Å². The highest BCUT2D eigenvalue weighted by atomic mass is 16.5. The fraction of sp³-hybridized carbons (Fsp3) is 0.194. The van der Waals surface area contributed by atoms with E-state index < -0.39 is 29.7 Å². The lowest BCUT2D eigenvalue weighted by Crippen LogP contribution is -2.34. The molecule has 11 heteroatoms. The predicted octanol–water partition coefficient (Wildman–Crippen LogP) is 3.90. The molecule has 0 unspecified atom stereocenters. The average molecular weight is 572 g/mol. The molecule has 0 atom stereocenters. The van der Waals surface area contributed by atoms with E-state index in [1.54, 1.807) is 38.1 Å². The first kappa shape index (κ1) is 29.5. The minimum atomic E-state index is -0.913. The lowest BCUT2D eigenvalue weighted by atomic mass is 10.1. The van der Waals surface area contributed by atoms with Crippen molar-refractivity contribution >= 4 is 47.1 Å². The first-order chi connectivity index (χ1) is 20.1. The van der Waals surface area contributed by atoms with Gasteiger partial charge in [0.15, 0.2) is 0 Å². The SMILES string of the molecule is CCOC(=O)c1ccc(NC(=O)C(=O)NCc2ccc(/C=C3/C(=O)N(c4ccc(C)cc4)C(C)=C3C(=O)OC)o2)cc1. The summed E-state index contributed by atoms with van der Waals surface area (Å²) >= 11 is 0. The number of aryl methyl sites for hydroxylation is 1. The average Bonchev–Trinajstić information content (AvgIpc) is 3.53. The zero-order valence-corrected chi connectivity index (χ0v) is 23.5. The number of carbonyl (C=O) groups is 5. The molecule has 0 aliphatic carbocycles. The molecule has 3 amide bonds. The number of nitrogens with one attached hydrogen (secondary N) is 2. The van der Waals surface area contributed by atoms with Gasteiger partial charge < -0.3 is 24.5 Å². The van der Waals surface area contributed by atoms with Crippen LogP contribution < -0.4 is 15.5 Å². The summed E-state index contributed by atoms with van der Waals surface area (Å²) in [6.07, 6.45) is 1.43. The molecule has 0 bridgehead atoms. The topological polar surface area (TPSA) is 144 Å². The van der Waals surface area contributed by atoms with Gasteiger partial charge in [-0.2, -0.15) is 0 Å². The molecular formula is C31H29N3O8. The Kier molecular flexibility index (Phi) is 9.01. The quantitative estimate of drug-likeness (QED) is 0.235. The van der Waals surface area contributed by atoms with Crippen molar-refractivity contribution in [3.63, 3.8) is 0 Å². The highest BCUT2D eigenvalue weighted by Crippen LogP contribution is 2.35. The van der Waals surface area contributed by atoms with Crippen LogP contribution in [0.2, 0.25) is 0 Å². The number of carbonyl (C=O) groups excluding carboxylic acids is 5. The van der Waals surface area contributed by atoms with Crippen molar-refractivity contribution < 1.29 is 37.9 Å². The van der Waals surface area contributed by atoms with Crippen molar-refractivity contribution in [1.82, 2.24) is 5.32 Å². The van der Waals surface area contributed by atoms with Crippen LogP contribution in [0.3, 0.4) is 0 Å². The first-order valence-corrected chi connectivity index (χ1v) is 13.0. The maximum atomic E-state index is 13.4. The Bertz CT molecular complexity index is 1600. The molecule has 2 N–H and O–H groups in total. The Morgan fingerprint density at radius 1 is 0.905 bits per heavy atom. The van der Waals surface area contributed by atoms with E-state index in [2.05, 4.69) is 10.6 Å². The first-order valence-electron chi connectivity index (χ1n) is 13.0. The largest absolute Gasteiger partial charge is 0.465 e. The van der Waals surface area contributed by atoms with Gasteiger partial charge in [-0.1, -0.05) is 17.7 Å². The summed E-state index contributed by atoms with van der Waals surface area (Å²) in [5.41, 5.74) is 2.88. The van der Waals surface area contributed by atoms with Gasteiger partial charge in [0.2, 0.25) is 0 Å². The minimum Gasteiger partial charge on any atom is -0.465 e. The number of esters is 2. The monoisotopic (exact) mass is 571 g/mol.